The van der Waals surface area contributed by atoms with Crippen LogP contribution >= 0.6 is 0 Å². The van der Waals surface area contributed by atoms with Crippen LogP contribution in [0, 0.1) is 0 Å². The van der Waals surface area contributed by atoms with E-state index in [4.69, 9.17) is 9.73 Å². The first-order valence-electron chi connectivity index (χ1n) is 9.26. The summed E-state index contributed by atoms with van der Waals surface area (Å²) >= 11 is 0. The van der Waals surface area contributed by atoms with Gasteiger partial charge in [-0.05, 0) is 45.4 Å². The van der Waals surface area contributed by atoms with Crippen molar-refractivity contribution in [3.63, 3.8) is 0 Å². The second kappa shape index (κ2) is 10.3. The van der Waals surface area contributed by atoms with Gasteiger partial charge in [0.25, 0.3) is 0 Å². The predicted octanol–water partition coefficient (Wildman–Crippen LogP) is 2.19. The van der Waals surface area contributed by atoms with Crippen molar-refractivity contribution in [2.75, 3.05) is 25.4 Å². The zero-order valence-electron chi connectivity index (χ0n) is 14.7. The first-order chi connectivity index (χ1) is 11.2. The molecule has 1 heterocycles. The van der Waals surface area contributed by atoms with Gasteiger partial charge in [-0.1, -0.05) is 13.3 Å². The molecule has 1 aliphatic heterocycles. The molecule has 134 valence electrons. The smallest absolute Gasteiger partial charge is 0.191 e. The van der Waals surface area contributed by atoms with Crippen LogP contribution in [0.25, 0.3) is 0 Å². The van der Waals surface area contributed by atoms with E-state index >= 15 is 0 Å². The van der Waals surface area contributed by atoms with Crippen LogP contribution in [0.4, 0.5) is 0 Å². The fraction of sp³-hybridized carbons (Fsp3) is 0.941. The Labute approximate surface area is 143 Å². The minimum absolute atomic E-state index is 0.348. The van der Waals surface area contributed by atoms with E-state index in [1.54, 1.807) is 0 Å². The summed E-state index contributed by atoms with van der Waals surface area (Å²) in [5, 5.41) is 7.24. The molecule has 4 atom stereocenters. The van der Waals surface area contributed by atoms with Gasteiger partial charge in [0.1, 0.15) is 0 Å². The highest BCUT2D eigenvalue weighted by molar-refractivity contribution is 7.85. The van der Waals surface area contributed by atoms with Crippen LogP contribution in [0.2, 0.25) is 0 Å². The van der Waals surface area contributed by atoms with Gasteiger partial charge in [-0.25, -0.2) is 0 Å². The maximum Gasteiger partial charge on any atom is 0.191 e. The van der Waals surface area contributed by atoms with E-state index in [1.165, 1.54) is 12.8 Å². The van der Waals surface area contributed by atoms with Crippen molar-refractivity contribution < 1.29 is 8.95 Å². The highest BCUT2D eigenvalue weighted by Gasteiger charge is 2.26. The van der Waals surface area contributed by atoms with E-state index in [0.29, 0.717) is 17.4 Å². The van der Waals surface area contributed by atoms with Crippen LogP contribution < -0.4 is 10.6 Å². The Balaban J connectivity index is 1.81. The molecule has 1 saturated heterocycles. The molecule has 0 amide bonds. The Kier molecular flexibility index (Phi) is 8.37. The van der Waals surface area contributed by atoms with Crippen LogP contribution in [-0.2, 0) is 15.5 Å². The van der Waals surface area contributed by atoms with Crippen molar-refractivity contribution in [3.05, 3.63) is 0 Å². The predicted molar refractivity (Wildman–Crippen MR) is 97.4 cm³/mol. The van der Waals surface area contributed by atoms with Crippen molar-refractivity contribution in [2.24, 2.45) is 4.99 Å². The van der Waals surface area contributed by atoms with E-state index in [-0.39, 0.29) is 0 Å². The monoisotopic (exact) mass is 343 g/mol. The Morgan fingerprint density at radius 2 is 2.13 bits per heavy atom. The Hall–Kier alpha value is -0.620. The molecule has 0 aromatic rings. The summed E-state index contributed by atoms with van der Waals surface area (Å²) in [6.45, 7) is 6.68. The van der Waals surface area contributed by atoms with Crippen molar-refractivity contribution >= 4 is 16.8 Å². The first-order valence-corrected chi connectivity index (χ1v) is 10.6. The molecule has 5 nitrogen and oxygen atoms in total. The lowest BCUT2D eigenvalue weighted by Crippen LogP contribution is -2.46. The summed E-state index contributed by atoms with van der Waals surface area (Å²) in [6.07, 6.45) is 8.16. The zero-order chi connectivity index (χ0) is 16.5. The molecule has 2 fully saturated rings. The molecule has 0 aromatic heterocycles. The van der Waals surface area contributed by atoms with Gasteiger partial charge in [-0.3, -0.25) is 9.20 Å². The molecular weight excluding hydrogens is 310 g/mol. The molecule has 0 bridgehead atoms. The van der Waals surface area contributed by atoms with Crippen molar-refractivity contribution in [2.45, 2.75) is 76.2 Å². The van der Waals surface area contributed by atoms with Gasteiger partial charge in [-0.2, -0.15) is 0 Å². The van der Waals surface area contributed by atoms with Gasteiger partial charge >= 0.3 is 0 Å². The largest absolute Gasteiger partial charge is 0.378 e. The number of aliphatic imine (C=N–C) groups is 1. The highest BCUT2D eigenvalue weighted by atomic mass is 32.2. The molecule has 0 spiro atoms. The lowest BCUT2D eigenvalue weighted by molar-refractivity contribution is 0.106. The number of nitrogens with zero attached hydrogens (tertiary/aromatic N) is 1. The van der Waals surface area contributed by atoms with Crippen molar-refractivity contribution in [3.8, 4) is 0 Å². The third-order valence-electron chi connectivity index (χ3n) is 4.71. The van der Waals surface area contributed by atoms with Crippen molar-refractivity contribution in [1.29, 1.82) is 0 Å². The lowest BCUT2D eigenvalue weighted by atomic mass is 9.95. The van der Waals surface area contributed by atoms with Crippen molar-refractivity contribution in [1.82, 2.24) is 10.6 Å². The zero-order valence-corrected chi connectivity index (χ0v) is 15.5. The van der Waals surface area contributed by atoms with E-state index in [2.05, 4.69) is 17.6 Å². The number of hydrogen-bond donors (Lipinski definition) is 2. The number of guanidine groups is 1. The molecule has 2 aliphatic rings. The average molecular weight is 344 g/mol. The van der Waals surface area contributed by atoms with Crippen LogP contribution in [0.15, 0.2) is 4.99 Å². The molecule has 23 heavy (non-hydrogen) atoms. The Bertz CT molecular complexity index is 397. The molecule has 1 aliphatic carbocycles. The lowest BCUT2D eigenvalue weighted by Gasteiger charge is -2.30. The molecular formula is C17H33N3O2S. The van der Waals surface area contributed by atoms with Gasteiger partial charge in [0.15, 0.2) is 5.96 Å². The molecule has 2 N–H and O–H groups in total. The first kappa shape index (κ1) is 18.7. The highest BCUT2D eigenvalue weighted by Crippen LogP contribution is 2.23. The van der Waals surface area contributed by atoms with Crippen LogP contribution in [0.5, 0.6) is 0 Å². The summed E-state index contributed by atoms with van der Waals surface area (Å²) in [4.78, 5) is 4.70. The molecule has 1 saturated carbocycles. The molecule has 2 rings (SSSR count). The minimum atomic E-state index is -0.677. The third kappa shape index (κ3) is 6.42. The van der Waals surface area contributed by atoms with Crippen LogP contribution in [-0.4, -0.2) is 53.0 Å². The SMILES string of the molecule is CCNC(=NCCC1CCCO1)NC1CCCC(S(=O)CC)C1. The summed E-state index contributed by atoms with van der Waals surface area (Å²) < 4.78 is 17.7. The summed E-state index contributed by atoms with van der Waals surface area (Å²) in [7, 11) is -0.677. The topological polar surface area (TPSA) is 62.7 Å². The maximum atomic E-state index is 12.1. The Morgan fingerprint density at radius 3 is 2.83 bits per heavy atom. The normalized spacial score (nSPS) is 30.2. The van der Waals surface area contributed by atoms with E-state index in [9.17, 15) is 4.21 Å². The molecule has 0 radical (unpaired) electrons. The molecule has 0 aromatic carbocycles. The van der Waals surface area contributed by atoms with Crippen LogP contribution in [0.1, 0.15) is 58.8 Å². The van der Waals surface area contributed by atoms with E-state index in [0.717, 1.165) is 63.5 Å². The number of nitrogens with one attached hydrogen (secondary N) is 2. The second-order valence-corrected chi connectivity index (χ2v) is 8.49. The van der Waals surface area contributed by atoms with Gasteiger partial charge in [0.05, 0.1) is 6.10 Å². The number of ether oxygens (including phenoxy) is 1. The van der Waals surface area contributed by atoms with Gasteiger partial charge in [0.2, 0.25) is 0 Å². The molecule has 6 heteroatoms. The number of hydrogen-bond acceptors (Lipinski definition) is 3. The fourth-order valence-corrected chi connectivity index (χ4v) is 4.80. The summed E-state index contributed by atoms with van der Waals surface area (Å²) in [6, 6.07) is 0.393. The summed E-state index contributed by atoms with van der Waals surface area (Å²) in [5.41, 5.74) is 0. The maximum absolute atomic E-state index is 12.1. The average Bonchev–Trinajstić information content (AvgIpc) is 3.08. The standard InChI is InChI=1S/C17H33N3O2S/c1-3-18-17(19-11-10-15-8-6-12-22-15)20-14-7-5-9-16(13-14)23(21)4-2/h14-16H,3-13H2,1-2H3,(H2,18,19,20). The van der Waals surface area contributed by atoms with Gasteiger partial charge < -0.3 is 15.4 Å². The minimum Gasteiger partial charge on any atom is -0.378 e. The van der Waals surface area contributed by atoms with Gasteiger partial charge in [-0.15, -0.1) is 0 Å². The fourth-order valence-electron chi connectivity index (χ4n) is 3.46. The number of rotatable bonds is 7. The van der Waals surface area contributed by atoms with E-state index in [1.807, 2.05) is 6.92 Å². The quantitative estimate of drug-likeness (QED) is 0.549. The van der Waals surface area contributed by atoms with Crippen LogP contribution in [0.3, 0.4) is 0 Å². The van der Waals surface area contributed by atoms with E-state index < -0.39 is 10.8 Å². The summed E-state index contributed by atoms with van der Waals surface area (Å²) in [5.74, 6) is 1.67. The third-order valence-corrected chi connectivity index (χ3v) is 6.45. The second-order valence-electron chi connectivity index (χ2n) is 6.48. The van der Waals surface area contributed by atoms with Gasteiger partial charge in [0, 0.05) is 47.5 Å². The Morgan fingerprint density at radius 1 is 1.26 bits per heavy atom. The molecule has 4 unspecified atom stereocenters.